The van der Waals surface area contributed by atoms with Crippen molar-refractivity contribution in [3.63, 3.8) is 0 Å². The van der Waals surface area contributed by atoms with Crippen LogP contribution in [0.3, 0.4) is 0 Å². The Labute approximate surface area is 65.2 Å². The number of carbonyl (C=O) groups excluding carboxylic acids is 1. The van der Waals surface area contributed by atoms with E-state index in [9.17, 15) is 4.79 Å². The summed E-state index contributed by atoms with van der Waals surface area (Å²) in [5.41, 5.74) is 0. The van der Waals surface area contributed by atoms with Crippen molar-refractivity contribution in [2.24, 2.45) is 4.99 Å². The molecule has 1 aliphatic heterocycles. The van der Waals surface area contributed by atoms with Crippen molar-refractivity contribution in [1.29, 1.82) is 0 Å². The van der Waals surface area contributed by atoms with Gasteiger partial charge in [0, 0.05) is 13.3 Å². The van der Waals surface area contributed by atoms with Crippen LogP contribution in [-0.2, 0) is 14.3 Å². The molecule has 1 saturated heterocycles. The summed E-state index contributed by atoms with van der Waals surface area (Å²) in [6.07, 6.45) is 1.93. The van der Waals surface area contributed by atoms with Gasteiger partial charge in [0.1, 0.15) is 12.7 Å². The van der Waals surface area contributed by atoms with Gasteiger partial charge >= 0.3 is 5.97 Å². The molecule has 0 saturated carbocycles. The Morgan fingerprint density at radius 2 is 2.64 bits per heavy atom. The monoisotopic (exact) mass is 157 g/mol. The second-order valence-electron chi connectivity index (χ2n) is 2.28. The molecule has 1 fully saturated rings. The van der Waals surface area contributed by atoms with Crippen molar-refractivity contribution >= 4 is 12.2 Å². The zero-order valence-corrected chi connectivity index (χ0v) is 6.45. The van der Waals surface area contributed by atoms with E-state index in [2.05, 4.69) is 4.99 Å². The number of carbonyl (C=O) groups is 1. The lowest BCUT2D eigenvalue weighted by atomic mass is 10.4. The van der Waals surface area contributed by atoms with Crippen LogP contribution in [0.4, 0.5) is 0 Å². The molecule has 1 rings (SSSR count). The number of esters is 1. The molecule has 1 unspecified atom stereocenters. The molecule has 0 amide bonds. The summed E-state index contributed by atoms with van der Waals surface area (Å²) in [6.45, 7) is 1.10. The molecule has 11 heavy (non-hydrogen) atoms. The van der Waals surface area contributed by atoms with Gasteiger partial charge in [-0.3, -0.25) is 4.79 Å². The van der Waals surface area contributed by atoms with Gasteiger partial charge in [-0.1, -0.05) is 0 Å². The summed E-state index contributed by atoms with van der Waals surface area (Å²) in [5, 5.41) is 0. The topological polar surface area (TPSA) is 51.2 Å². The number of ether oxygens (including phenoxy) is 2. The Bertz CT molecular complexity index is 163. The standard InChI is InChI=1S/C7H11NO3/c1-8-3-2-7(9)11-5-6-4-10-6/h3,6H,2,4-5H2,1H3. The highest BCUT2D eigenvalue weighted by Crippen LogP contribution is 2.08. The summed E-state index contributed by atoms with van der Waals surface area (Å²) < 4.78 is 9.67. The van der Waals surface area contributed by atoms with Gasteiger partial charge in [0.15, 0.2) is 0 Å². The van der Waals surface area contributed by atoms with Crippen LogP contribution >= 0.6 is 0 Å². The van der Waals surface area contributed by atoms with E-state index >= 15 is 0 Å². The highest BCUT2D eigenvalue weighted by atomic mass is 16.6. The van der Waals surface area contributed by atoms with Crippen molar-refractivity contribution < 1.29 is 14.3 Å². The van der Waals surface area contributed by atoms with Crippen molar-refractivity contribution in [2.75, 3.05) is 20.3 Å². The molecule has 1 heterocycles. The van der Waals surface area contributed by atoms with Gasteiger partial charge in [-0.25, -0.2) is 0 Å². The zero-order valence-electron chi connectivity index (χ0n) is 6.45. The van der Waals surface area contributed by atoms with Gasteiger partial charge in [-0.05, 0) is 0 Å². The summed E-state index contributed by atoms with van der Waals surface area (Å²) >= 11 is 0. The molecule has 4 nitrogen and oxygen atoms in total. The van der Waals surface area contributed by atoms with E-state index in [1.54, 1.807) is 7.05 Å². The third-order valence-corrected chi connectivity index (χ3v) is 1.27. The van der Waals surface area contributed by atoms with Crippen LogP contribution in [0.1, 0.15) is 6.42 Å². The lowest BCUT2D eigenvalue weighted by molar-refractivity contribution is -0.142. The van der Waals surface area contributed by atoms with Crippen LogP contribution in [-0.4, -0.2) is 38.5 Å². The van der Waals surface area contributed by atoms with E-state index < -0.39 is 0 Å². The molecule has 0 aromatic rings. The van der Waals surface area contributed by atoms with E-state index in [1.807, 2.05) is 0 Å². The first-order valence-electron chi connectivity index (χ1n) is 3.51. The minimum atomic E-state index is -0.244. The number of hydrogen-bond acceptors (Lipinski definition) is 4. The van der Waals surface area contributed by atoms with Gasteiger partial charge in [0.2, 0.25) is 0 Å². The first kappa shape index (κ1) is 8.20. The maximum Gasteiger partial charge on any atom is 0.311 e. The van der Waals surface area contributed by atoms with Crippen LogP contribution in [0.15, 0.2) is 4.99 Å². The average molecular weight is 157 g/mol. The van der Waals surface area contributed by atoms with Crippen LogP contribution < -0.4 is 0 Å². The molecular weight excluding hydrogens is 146 g/mol. The lowest BCUT2D eigenvalue weighted by Crippen LogP contribution is -2.09. The molecule has 0 aromatic carbocycles. The molecule has 0 bridgehead atoms. The predicted octanol–water partition coefficient (Wildman–Crippen LogP) is 0.0191. The van der Waals surface area contributed by atoms with Gasteiger partial charge in [0.05, 0.1) is 13.0 Å². The van der Waals surface area contributed by atoms with Crippen LogP contribution in [0, 0.1) is 0 Å². The number of aliphatic imine (C=N–C) groups is 1. The van der Waals surface area contributed by atoms with Crippen molar-refractivity contribution in [3.8, 4) is 0 Å². The number of rotatable bonds is 4. The van der Waals surface area contributed by atoms with Gasteiger partial charge < -0.3 is 14.5 Å². The highest BCUT2D eigenvalue weighted by molar-refractivity contribution is 5.85. The summed E-state index contributed by atoms with van der Waals surface area (Å²) in [6, 6.07) is 0. The third kappa shape index (κ3) is 3.72. The van der Waals surface area contributed by atoms with E-state index in [1.165, 1.54) is 6.21 Å². The van der Waals surface area contributed by atoms with E-state index in [4.69, 9.17) is 9.47 Å². The molecule has 0 radical (unpaired) electrons. The molecule has 0 spiro atoms. The highest BCUT2D eigenvalue weighted by Gasteiger charge is 2.23. The Morgan fingerprint density at radius 1 is 1.91 bits per heavy atom. The van der Waals surface area contributed by atoms with Gasteiger partial charge in [-0.2, -0.15) is 0 Å². The molecule has 0 aliphatic carbocycles. The largest absolute Gasteiger partial charge is 0.463 e. The molecule has 62 valence electrons. The van der Waals surface area contributed by atoms with Crippen molar-refractivity contribution in [2.45, 2.75) is 12.5 Å². The fourth-order valence-corrected chi connectivity index (χ4v) is 0.575. The Hall–Kier alpha value is -0.900. The van der Waals surface area contributed by atoms with Crippen molar-refractivity contribution in [1.82, 2.24) is 0 Å². The van der Waals surface area contributed by atoms with E-state index in [0.717, 1.165) is 6.61 Å². The summed E-state index contributed by atoms with van der Waals surface area (Å²) in [7, 11) is 1.62. The van der Waals surface area contributed by atoms with Crippen LogP contribution in [0.2, 0.25) is 0 Å². The van der Waals surface area contributed by atoms with Crippen LogP contribution in [0.5, 0.6) is 0 Å². The number of epoxide rings is 1. The Morgan fingerprint density at radius 3 is 3.18 bits per heavy atom. The second-order valence-corrected chi connectivity index (χ2v) is 2.28. The molecular formula is C7H11NO3. The molecule has 0 N–H and O–H groups in total. The summed E-state index contributed by atoms with van der Waals surface area (Å²) in [4.78, 5) is 14.4. The Kier molecular flexibility index (Phi) is 3.04. The second kappa shape index (κ2) is 4.08. The van der Waals surface area contributed by atoms with Crippen LogP contribution in [0.25, 0.3) is 0 Å². The maximum absolute atomic E-state index is 10.8. The predicted molar refractivity (Wildman–Crippen MR) is 39.7 cm³/mol. The van der Waals surface area contributed by atoms with Crippen molar-refractivity contribution in [3.05, 3.63) is 0 Å². The molecule has 0 aromatic heterocycles. The van der Waals surface area contributed by atoms with E-state index in [0.29, 0.717) is 6.61 Å². The zero-order chi connectivity index (χ0) is 8.10. The lowest BCUT2D eigenvalue weighted by Gasteiger charge is -1.97. The Balaban J connectivity index is 2.00. The summed E-state index contributed by atoms with van der Waals surface area (Å²) in [5.74, 6) is -0.244. The third-order valence-electron chi connectivity index (χ3n) is 1.27. The van der Waals surface area contributed by atoms with E-state index in [-0.39, 0.29) is 18.5 Å². The fraction of sp³-hybridized carbons (Fsp3) is 0.714. The minimum Gasteiger partial charge on any atom is -0.463 e. The van der Waals surface area contributed by atoms with Gasteiger partial charge in [-0.15, -0.1) is 0 Å². The quantitative estimate of drug-likeness (QED) is 0.328. The SMILES string of the molecule is CN=CCC(=O)OCC1CO1. The van der Waals surface area contributed by atoms with Gasteiger partial charge in [0.25, 0.3) is 0 Å². The first-order chi connectivity index (χ1) is 5.33. The normalized spacial score (nSPS) is 22.1. The molecule has 4 heteroatoms. The molecule has 1 atom stereocenters. The maximum atomic E-state index is 10.8. The first-order valence-corrected chi connectivity index (χ1v) is 3.51. The molecule has 1 aliphatic rings. The minimum absolute atomic E-state index is 0.150. The number of hydrogen-bond donors (Lipinski definition) is 0. The average Bonchev–Trinajstić information content (AvgIpc) is 2.80. The number of nitrogens with zero attached hydrogens (tertiary/aromatic N) is 1. The fourth-order valence-electron chi connectivity index (χ4n) is 0.575. The smallest absolute Gasteiger partial charge is 0.311 e.